The van der Waals surface area contributed by atoms with Gasteiger partial charge < -0.3 is 9.80 Å². The van der Waals surface area contributed by atoms with Crippen molar-refractivity contribution in [2.75, 3.05) is 32.1 Å². The lowest BCUT2D eigenvalue weighted by atomic mass is 9.96. The third kappa shape index (κ3) is 4.34. The molecule has 5 heteroatoms. The summed E-state index contributed by atoms with van der Waals surface area (Å²) in [5.74, 6) is -0.0771. The highest BCUT2D eigenvalue weighted by Crippen LogP contribution is 2.37. The molecule has 0 bridgehead atoms. The first-order chi connectivity index (χ1) is 15.7. The van der Waals surface area contributed by atoms with E-state index in [1.54, 1.807) is 0 Å². The predicted octanol–water partition coefficient (Wildman–Crippen LogP) is 4.74. The van der Waals surface area contributed by atoms with E-state index in [0.29, 0.717) is 22.9 Å². The molecule has 2 heterocycles. The summed E-state index contributed by atoms with van der Waals surface area (Å²) in [5, 5.41) is 0. The fraction of sp³-hybridized carbons (Fsp3) is 0.429. The number of carbonyl (C=O) groups excluding carboxylic acids is 2. The van der Waals surface area contributed by atoms with Crippen molar-refractivity contribution >= 4 is 23.1 Å². The molecule has 4 rings (SSSR count). The van der Waals surface area contributed by atoms with Gasteiger partial charge in [-0.05, 0) is 81.6 Å². The van der Waals surface area contributed by atoms with Crippen LogP contribution in [0.25, 0.3) is 5.57 Å². The summed E-state index contributed by atoms with van der Waals surface area (Å²) in [7, 11) is 4.11. The van der Waals surface area contributed by atoms with Crippen LogP contribution in [0.15, 0.2) is 48.2 Å². The van der Waals surface area contributed by atoms with E-state index >= 15 is 0 Å². The second-order valence-corrected chi connectivity index (χ2v) is 9.88. The molecule has 0 aliphatic carbocycles. The average Bonchev–Trinajstić information content (AvgIpc) is 3.03. The molecule has 33 heavy (non-hydrogen) atoms. The second kappa shape index (κ2) is 9.14. The molecule has 174 valence electrons. The maximum Gasteiger partial charge on any atom is 0.282 e. The predicted molar refractivity (Wildman–Crippen MR) is 134 cm³/mol. The van der Waals surface area contributed by atoms with Crippen molar-refractivity contribution in [3.05, 3.63) is 70.4 Å². The molecule has 0 N–H and O–H groups in total. The quantitative estimate of drug-likeness (QED) is 0.624. The lowest BCUT2D eigenvalue weighted by Crippen LogP contribution is -2.43. The van der Waals surface area contributed by atoms with E-state index < -0.39 is 0 Å². The maximum absolute atomic E-state index is 13.8. The molecule has 0 saturated carbocycles. The normalized spacial score (nSPS) is 18.1. The van der Waals surface area contributed by atoms with Gasteiger partial charge in [0, 0.05) is 13.1 Å². The van der Waals surface area contributed by atoms with E-state index in [-0.39, 0.29) is 17.9 Å². The van der Waals surface area contributed by atoms with Gasteiger partial charge >= 0.3 is 0 Å². The summed E-state index contributed by atoms with van der Waals surface area (Å²) in [5.41, 5.74) is 5.85. The lowest BCUT2D eigenvalue weighted by Gasteiger charge is -2.36. The molecule has 0 unspecified atom stereocenters. The summed E-state index contributed by atoms with van der Waals surface area (Å²) in [6.45, 7) is 10.3. The smallest absolute Gasteiger partial charge is 0.282 e. The summed E-state index contributed by atoms with van der Waals surface area (Å²) in [4.78, 5) is 33.4. The lowest BCUT2D eigenvalue weighted by molar-refractivity contribution is -0.120. The van der Waals surface area contributed by atoms with Gasteiger partial charge in [-0.15, -0.1) is 0 Å². The third-order valence-electron chi connectivity index (χ3n) is 7.12. The molecule has 2 aromatic rings. The van der Waals surface area contributed by atoms with Crippen molar-refractivity contribution in [2.45, 2.75) is 52.5 Å². The number of likely N-dealkylation sites (N-methyl/N-ethyl adjacent to an activating group) is 1. The number of carbonyl (C=O) groups is 2. The Kier molecular flexibility index (Phi) is 6.44. The van der Waals surface area contributed by atoms with Gasteiger partial charge in [-0.3, -0.25) is 9.59 Å². The first-order valence-electron chi connectivity index (χ1n) is 11.9. The van der Waals surface area contributed by atoms with E-state index in [1.165, 1.54) is 10.5 Å². The Balaban J connectivity index is 1.79. The van der Waals surface area contributed by atoms with Gasteiger partial charge in [-0.1, -0.05) is 49.7 Å². The minimum atomic E-state index is -0.237. The molecule has 2 aliphatic rings. The average molecular weight is 446 g/mol. The maximum atomic E-state index is 13.8. The van der Waals surface area contributed by atoms with E-state index in [0.717, 1.165) is 42.6 Å². The van der Waals surface area contributed by atoms with Crippen LogP contribution < -0.4 is 4.90 Å². The van der Waals surface area contributed by atoms with E-state index in [2.05, 4.69) is 36.8 Å². The van der Waals surface area contributed by atoms with E-state index in [1.807, 2.05) is 57.3 Å². The number of imide groups is 1. The number of likely N-dealkylation sites (tertiary alicyclic amines) is 1. The van der Waals surface area contributed by atoms with Crippen molar-refractivity contribution in [3.63, 3.8) is 0 Å². The summed E-state index contributed by atoms with van der Waals surface area (Å²) >= 11 is 0. The Morgan fingerprint density at radius 3 is 2.15 bits per heavy atom. The number of aryl methyl sites for hydroxylation is 2. The molecule has 0 spiro atoms. The van der Waals surface area contributed by atoms with Crippen LogP contribution in [0.1, 0.15) is 54.9 Å². The molecule has 0 aromatic heterocycles. The Morgan fingerprint density at radius 1 is 0.939 bits per heavy atom. The monoisotopic (exact) mass is 445 g/mol. The number of benzene rings is 2. The molecule has 5 nitrogen and oxygen atoms in total. The zero-order chi connectivity index (χ0) is 23.9. The molecular formula is C28H35N3O2. The number of anilines is 1. The highest BCUT2D eigenvalue weighted by atomic mass is 16.2. The molecular weight excluding hydrogens is 410 g/mol. The Morgan fingerprint density at radius 2 is 1.58 bits per heavy atom. The third-order valence-corrected chi connectivity index (χ3v) is 7.12. The van der Waals surface area contributed by atoms with Crippen LogP contribution in [0.5, 0.6) is 0 Å². The second-order valence-electron chi connectivity index (χ2n) is 9.88. The SMILES string of the molecule is Cc1ccc(C2=C(N(C)C3CCN(C)CC3)C(=O)N(c3ccc(C(C)C)cc3)C2=O)c(C)c1. The summed E-state index contributed by atoms with van der Waals surface area (Å²) in [6, 6.07) is 14.1. The fourth-order valence-electron chi connectivity index (χ4n) is 4.99. The topological polar surface area (TPSA) is 43.9 Å². The van der Waals surface area contributed by atoms with Crippen LogP contribution in [0.3, 0.4) is 0 Å². The van der Waals surface area contributed by atoms with Crippen LogP contribution in [0, 0.1) is 13.8 Å². The summed E-state index contributed by atoms with van der Waals surface area (Å²) in [6.07, 6.45) is 1.95. The Labute approximate surface area is 197 Å². The minimum Gasteiger partial charge on any atom is -0.366 e. The summed E-state index contributed by atoms with van der Waals surface area (Å²) < 4.78 is 0. The van der Waals surface area contributed by atoms with Crippen LogP contribution in [-0.4, -0.2) is 54.8 Å². The van der Waals surface area contributed by atoms with Gasteiger partial charge in [0.05, 0.1) is 11.3 Å². The number of piperidine rings is 1. The first kappa shape index (κ1) is 23.2. The molecule has 0 radical (unpaired) electrons. The number of hydrogen-bond donors (Lipinski definition) is 0. The Hall–Kier alpha value is -2.92. The number of amides is 2. The Bertz CT molecular complexity index is 1090. The fourth-order valence-corrected chi connectivity index (χ4v) is 4.99. The van der Waals surface area contributed by atoms with Gasteiger partial charge in [-0.25, -0.2) is 4.90 Å². The van der Waals surface area contributed by atoms with Gasteiger partial charge in [0.1, 0.15) is 5.70 Å². The largest absolute Gasteiger partial charge is 0.366 e. The zero-order valence-electron chi connectivity index (χ0n) is 20.7. The van der Waals surface area contributed by atoms with Crippen molar-refractivity contribution in [1.29, 1.82) is 0 Å². The molecule has 1 saturated heterocycles. The van der Waals surface area contributed by atoms with Crippen LogP contribution in [0.2, 0.25) is 0 Å². The van der Waals surface area contributed by atoms with Crippen molar-refractivity contribution in [3.8, 4) is 0 Å². The molecule has 2 amide bonds. The van der Waals surface area contributed by atoms with Gasteiger partial charge in [-0.2, -0.15) is 0 Å². The van der Waals surface area contributed by atoms with Gasteiger partial charge in [0.15, 0.2) is 0 Å². The van der Waals surface area contributed by atoms with Crippen molar-refractivity contribution in [2.24, 2.45) is 0 Å². The number of hydrogen-bond acceptors (Lipinski definition) is 4. The molecule has 1 fully saturated rings. The van der Waals surface area contributed by atoms with Crippen LogP contribution >= 0.6 is 0 Å². The minimum absolute atomic E-state index is 0.228. The molecule has 0 atom stereocenters. The number of rotatable bonds is 5. The van der Waals surface area contributed by atoms with Crippen molar-refractivity contribution in [1.82, 2.24) is 9.80 Å². The molecule has 2 aromatic carbocycles. The van der Waals surface area contributed by atoms with Crippen molar-refractivity contribution < 1.29 is 9.59 Å². The van der Waals surface area contributed by atoms with Gasteiger partial charge in [0.25, 0.3) is 11.8 Å². The van der Waals surface area contributed by atoms with E-state index in [4.69, 9.17) is 0 Å². The number of nitrogens with zero attached hydrogens (tertiary/aromatic N) is 3. The zero-order valence-corrected chi connectivity index (χ0v) is 20.7. The molecule has 2 aliphatic heterocycles. The standard InChI is InChI=1S/C28H35N3O2/c1-18(2)21-8-10-23(11-9-21)31-27(32)25(24-12-7-19(3)17-20(24)4)26(28(31)33)30(6)22-13-15-29(5)16-14-22/h7-12,17-18,22H,13-16H2,1-6H3. The first-order valence-corrected chi connectivity index (χ1v) is 11.9. The highest BCUT2D eigenvalue weighted by molar-refractivity contribution is 6.45. The van der Waals surface area contributed by atoms with Crippen LogP contribution in [-0.2, 0) is 9.59 Å². The van der Waals surface area contributed by atoms with Gasteiger partial charge in [0.2, 0.25) is 0 Å². The van der Waals surface area contributed by atoms with E-state index in [9.17, 15) is 9.59 Å². The highest BCUT2D eigenvalue weighted by Gasteiger charge is 2.43. The van der Waals surface area contributed by atoms with Crippen LogP contribution in [0.4, 0.5) is 5.69 Å².